The van der Waals surface area contributed by atoms with E-state index in [0.29, 0.717) is 6.61 Å². The number of rotatable bonds is 2. The maximum absolute atomic E-state index is 12.7. The molecule has 5 nitrogen and oxygen atoms in total. The molecule has 0 saturated carbocycles. The van der Waals surface area contributed by atoms with Crippen molar-refractivity contribution < 1.29 is 14.3 Å². The summed E-state index contributed by atoms with van der Waals surface area (Å²) in [6, 6.07) is 6.51. The first-order valence-electron chi connectivity index (χ1n) is 8.21. The van der Waals surface area contributed by atoms with Crippen LogP contribution in [-0.2, 0) is 20.7 Å². The van der Waals surface area contributed by atoms with Crippen molar-refractivity contribution in [1.29, 1.82) is 0 Å². The Morgan fingerprint density at radius 2 is 2.00 bits per heavy atom. The van der Waals surface area contributed by atoms with Crippen molar-refractivity contribution in [2.24, 2.45) is 0 Å². The van der Waals surface area contributed by atoms with Crippen molar-refractivity contribution in [3.8, 4) is 0 Å². The smallest absolute Gasteiger partial charge is 0.256 e. The highest BCUT2D eigenvalue weighted by atomic mass is 16.5. The number of anilines is 2. The number of hydrogen-bond donors (Lipinski definition) is 0. The van der Waals surface area contributed by atoms with Crippen molar-refractivity contribution >= 4 is 17.3 Å². The van der Waals surface area contributed by atoms with Gasteiger partial charge in [-0.25, -0.2) is 0 Å². The molecule has 118 valence electrons. The van der Waals surface area contributed by atoms with Crippen LogP contribution in [0.2, 0.25) is 0 Å². The SMILES string of the molecule is O=C(C1CCCO1)N1CCc2ccc(N3CCOCC3)cc21. The molecule has 3 heterocycles. The number of amides is 1. The normalized spacial score (nSPS) is 24.6. The molecule has 0 bridgehead atoms. The maximum Gasteiger partial charge on any atom is 0.256 e. The monoisotopic (exact) mass is 302 g/mol. The van der Waals surface area contributed by atoms with Crippen LogP contribution in [0.15, 0.2) is 18.2 Å². The Balaban J connectivity index is 1.58. The van der Waals surface area contributed by atoms with E-state index in [9.17, 15) is 4.79 Å². The molecule has 0 aromatic heterocycles. The van der Waals surface area contributed by atoms with E-state index in [1.54, 1.807) is 0 Å². The molecule has 22 heavy (non-hydrogen) atoms. The summed E-state index contributed by atoms with van der Waals surface area (Å²) in [6.45, 7) is 4.87. The van der Waals surface area contributed by atoms with Crippen LogP contribution >= 0.6 is 0 Å². The third kappa shape index (κ3) is 2.48. The molecule has 3 aliphatic heterocycles. The van der Waals surface area contributed by atoms with Crippen LogP contribution in [0.4, 0.5) is 11.4 Å². The van der Waals surface area contributed by atoms with Crippen molar-refractivity contribution in [3.63, 3.8) is 0 Å². The van der Waals surface area contributed by atoms with E-state index in [4.69, 9.17) is 9.47 Å². The van der Waals surface area contributed by atoms with E-state index in [2.05, 4.69) is 23.1 Å². The lowest BCUT2D eigenvalue weighted by atomic mass is 10.1. The summed E-state index contributed by atoms with van der Waals surface area (Å²) in [5.74, 6) is 0.135. The molecular formula is C17H22N2O3. The minimum Gasteiger partial charge on any atom is -0.378 e. The molecule has 5 heteroatoms. The molecular weight excluding hydrogens is 280 g/mol. The lowest BCUT2D eigenvalue weighted by molar-refractivity contribution is -0.127. The Bertz CT molecular complexity index is 563. The molecule has 1 unspecified atom stereocenters. The van der Waals surface area contributed by atoms with Gasteiger partial charge in [-0.3, -0.25) is 4.79 Å². The van der Waals surface area contributed by atoms with Crippen molar-refractivity contribution in [3.05, 3.63) is 23.8 Å². The number of carbonyl (C=O) groups is 1. The second-order valence-corrected chi connectivity index (χ2v) is 6.15. The van der Waals surface area contributed by atoms with E-state index in [0.717, 1.165) is 57.8 Å². The third-order valence-corrected chi connectivity index (χ3v) is 4.81. The van der Waals surface area contributed by atoms with Crippen LogP contribution in [-0.4, -0.2) is 51.5 Å². The molecule has 1 aromatic carbocycles. The van der Waals surface area contributed by atoms with Crippen LogP contribution in [0.25, 0.3) is 0 Å². The maximum atomic E-state index is 12.7. The average Bonchev–Trinajstić information content (AvgIpc) is 3.24. The Morgan fingerprint density at radius 3 is 2.77 bits per heavy atom. The minimum atomic E-state index is -0.238. The molecule has 0 radical (unpaired) electrons. The standard InChI is InChI=1S/C17H22N2O3/c20-17(16-2-1-9-22-16)19-6-5-13-3-4-14(12-15(13)19)18-7-10-21-11-8-18/h3-4,12,16H,1-2,5-11H2. The number of fused-ring (bicyclic) bond motifs is 1. The second-order valence-electron chi connectivity index (χ2n) is 6.15. The molecule has 1 aromatic rings. The van der Waals surface area contributed by atoms with Gasteiger partial charge in [0.25, 0.3) is 5.91 Å². The number of ether oxygens (including phenoxy) is 2. The van der Waals surface area contributed by atoms with Crippen LogP contribution in [0, 0.1) is 0 Å². The summed E-state index contributed by atoms with van der Waals surface area (Å²) in [7, 11) is 0. The fourth-order valence-electron chi connectivity index (χ4n) is 3.56. The Hall–Kier alpha value is -1.59. The van der Waals surface area contributed by atoms with Gasteiger partial charge in [-0.2, -0.15) is 0 Å². The van der Waals surface area contributed by atoms with Gasteiger partial charge < -0.3 is 19.3 Å². The van der Waals surface area contributed by atoms with Gasteiger partial charge in [-0.1, -0.05) is 6.07 Å². The molecule has 1 atom stereocenters. The fourth-order valence-corrected chi connectivity index (χ4v) is 3.56. The zero-order chi connectivity index (χ0) is 14.9. The largest absolute Gasteiger partial charge is 0.378 e. The summed E-state index contributed by atoms with van der Waals surface area (Å²) in [6.07, 6.45) is 2.55. The predicted molar refractivity (Wildman–Crippen MR) is 84.5 cm³/mol. The van der Waals surface area contributed by atoms with Gasteiger partial charge in [0, 0.05) is 37.6 Å². The van der Waals surface area contributed by atoms with Crippen molar-refractivity contribution in [1.82, 2.24) is 0 Å². The van der Waals surface area contributed by atoms with Crippen LogP contribution < -0.4 is 9.80 Å². The quantitative estimate of drug-likeness (QED) is 0.832. The molecule has 4 rings (SSSR count). The van der Waals surface area contributed by atoms with Gasteiger partial charge in [-0.15, -0.1) is 0 Å². The van der Waals surface area contributed by atoms with E-state index in [1.165, 1.54) is 11.3 Å². The fraction of sp³-hybridized carbons (Fsp3) is 0.588. The molecule has 2 fully saturated rings. The predicted octanol–water partition coefficient (Wildman–Crippen LogP) is 1.59. The molecule has 0 spiro atoms. The first kappa shape index (κ1) is 14.0. The van der Waals surface area contributed by atoms with Gasteiger partial charge in [0.2, 0.25) is 0 Å². The first-order valence-corrected chi connectivity index (χ1v) is 8.21. The molecule has 3 aliphatic rings. The van der Waals surface area contributed by atoms with Crippen molar-refractivity contribution in [2.45, 2.75) is 25.4 Å². The number of nitrogens with zero attached hydrogens (tertiary/aromatic N) is 2. The third-order valence-electron chi connectivity index (χ3n) is 4.81. The highest BCUT2D eigenvalue weighted by Crippen LogP contribution is 2.33. The van der Waals surface area contributed by atoms with E-state index < -0.39 is 0 Å². The highest BCUT2D eigenvalue weighted by molar-refractivity contribution is 5.99. The van der Waals surface area contributed by atoms with Gasteiger partial charge in [0.15, 0.2) is 0 Å². The molecule has 2 saturated heterocycles. The number of morpholine rings is 1. The van der Waals surface area contributed by atoms with Crippen LogP contribution in [0.5, 0.6) is 0 Å². The highest BCUT2D eigenvalue weighted by Gasteiger charge is 2.33. The van der Waals surface area contributed by atoms with E-state index in [1.807, 2.05) is 4.90 Å². The summed E-state index contributed by atoms with van der Waals surface area (Å²) in [4.78, 5) is 16.9. The van der Waals surface area contributed by atoms with Gasteiger partial charge in [0.05, 0.1) is 13.2 Å². The van der Waals surface area contributed by atoms with Gasteiger partial charge in [0.1, 0.15) is 6.10 Å². The number of carbonyl (C=O) groups excluding carboxylic acids is 1. The van der Waals surface area contributed by atoms with E-state index >= 15 is 0 Å². The topological polar surface area (TPSA) is 42.0 Å². The molecule has 0 aliphatic carbocycles. The number of hydrogen-bond acceptors (Lipinski definition) is 4. The van der Waals surface area contributed by atoms with Gasteiger partial charge in [-0.05, 0) is 37.0 Å². The molecule has 1 amide bonds. The van der Waals surface area contributed by atoms with Crippen LogP contribution in [0.1, 0.15) is 18.4 Å². The van der Waals surface area contributed by atoms with E-state index in [-0.39, 0.29) is 12.0 Å². The van der Waals surface area contributed by atoms with Gasteiger partial charge >= 0.3 is 0 Å². The lowest BCUT2D eigenvalue weighted by Gasteiger charge is -2.30. The Labute approximate surface area is 130 Å². The molecule has 0 N–H and O–H groups in total. The lowest BCUT2D eigenvalue weighted by Crippen LogP contribution is -2.38. The zero-order valence-electron chi connectivity index (χ0n) is 12.8. The zero-order valence-corrected chi connectivity index (χ0v) is 12.8. The Morgan fingerprint density at radius 1 is 1.14 bits per heavy atom. The Kier molecular flexibility index (Phi) is 3.76. The second kappa shape index (κ2) is 5.89. The first-order chi connectivity index (χ1) is 10.8. The summed E-state index contributed by atoms with van der Waals surface area (Å²) in [5, 5.41) is 0. The summed E-state index contributed by atoms with van der Waals surface area (Å²) in [5.41, 5.74) is 3.53. The van der Waals surface area contributed by atoms with Crippen molar-refractivity contribution in [2.75, 3.05) is 49.3 Å². The average molecular weight is 302 g/mol. The van der Waals surface area contributed by atoms with Crippen LogP contribution in [0.3, 0.4) is 0 Å². The summed E-state index contributed by atoms with van der Waals surface area (Å²) < 4.78 is 11.0. The summed E-state index contributed by atoms with van der Waals surface area (Å²) >= 11 is 0. The number of benzene rings is 1. The minimum absolute atomic E-state index is 0.135.